The molecule has 4 nitrogen and oxygen atoms in total. The molecule has 1 amide bonds. The summed E-state index contributed by atoms with van der Waals surface area (Å²) in [5.41, 5.74) is 4.90. The van der Waals surface area contributed by atoms with E-state index in [1.807, 2.05) is 78.9 Å². The van der Waals surface area contributed by atoms with E-state index in [9.17, 15) is 4.79 Å². The highest BCUT2D eigenvalue weighted by atomic mass is 32.1. The molecule has 1 N–H and O–H groups in total. The number of carbonyl (C=O) groups excluding carboxylic acids is 1. The standard InChI is InChI=1S/C28H24N2O2S/c31-28(29-23-11-13-24(14-12-23)32-20-22-9-5-2-6-10-22)26-19-27-25(16-18-33-27)30(26)17-15-21-7-3-1-4-8-21/h1-14,16,18-19H,15,17,20H2,(H,29,31). The number of aryl methyl sites for hydroxylation is 2. The SMILES string of the molecule is O=C(Nc1ccc(OCc2ccccc2)cc1)c1cc2sccc2n1CCc1ccccc1. The number of anilines is 1. The number of aromatic nitrogens is 1. The maximum absolute atomic E-state index is 13.2. The van der Waals surface area contributed by atoms with Crippen molar-refractivity contribution in [3.63, 3.8) is 0 Å². The maximum atomic E-state index is 13.2. The van der Waals surface area contributed by atoms with Gasteiger partial charge < -0.3 is 14.6 Å². The molecule has 33 heavy (non-hydrogen) atoms. The molecule has 0 spiro atoms. The van der Waals surface area contributed by atoms with E-state index in [2.05, 4.69) is 33.5 Å². The van der Waals surface area contributed by atoms with Crippen molar-refractivity contribution in [1.29, 1.82) is 0 Å². The van der Waals surface area contributed by atoms with E-state index in [1.54, 1.807) is 11.3 Å². The lowest BCUT2D eigenvalue weighted by molar-refractivity contribution is 0.101. The Morgan fingerprint density at radius 3 is 2.27 bits per heavy atom. The molecule has 0 unspecified atom stereocenters. The second-order valence-electron chi connectivity index (χ2n) is 7.84. The van der Waals surface area contributed by atoms with Gasteiger partial charge >= 0.3 is 0 Å². The van der Waals surface area contributed by atoms with Crippen LogP contribution in [0.2, 0.25) is 0 Å². The Morgan fingerprint density at radius 2 is 1.55 bits per heavy atom. The summed E-state index contributed by atoms with van der Waals surface area (Å²) in [5, 5.41) is 5.11. The third-order valence-electron chi connectivity index (χ3n) is 5.58. The molecule has 0 aliphatic carbocycles. The number of hydrogen-bond donors (Lipinski definition) is 1. The van der Waals surface area contributed by atoms with Gasteiger partial charge in [-0.3, -0.25) is 4.79 Å². The number of nitrogens with one attached hydrogen (secondary N) is 1. The third kappa shape index (κ3) is 4.99. The van der Waals surface area contributed by atoms with Gasteiger partial charge in [-0.25, -0.2) is 0 Å². The van der Waals surface area contributed by atoms with Crippen molar-refractivity contribution in [2.24, 2.45) is 0 Å². The van der Waals surface area contributed by atoms with Crippen LogP contribution in [-0.2, 0) is 19.6 Å². The normalized spacial score (nSPS) is 10.9. The second kappa shape index (κ2) is 9.76. The first-order chi connectivity index (χ1) is 16.3. The number of nitrogens with zero attached hydrogens (tertiary/aromatic N) is 1. The number of amides is 1. The zero-order valence-corrected chi connectivity index (χ0v) is 18.9. The first kappa shape index (κ1) is 21.0. The summed E-state index contributed by atoms with van der Waals surface area (Å²) < 4.78 is 9.08. The van der Waals surface area contributed by atoms with Crippen molar-refractivity contribution in [1.82, 2.24) is 4.57 Å². The zero-order valence-electron chi connectivity index (χ0n) is 18.1. The molecule has 0 aliphatic rings. The molecule has 3 aromatic carbocycles. The lowest BCUT2D eigenvalue weighted by atomic mass is 10.1. The van der Waals surface area contributed by atoms with Gasteiger partial charge in [0.25, 0.3) is 5.91 Å². The highest BCUT2D eigenvalue weighted by Gasteiger charge is 2.17. The van der Waals surface area contributed by atoms with Crippen LogP contribution < -0.4 is 10.1 Å². The van der Waals surface area contributed by atoms with Gasteiger partial charge in [-0.05, 0) is 59.3 Å². The largest absolute Gasteiger partial charge is 0.489 e. The van der Waals surface area contributed by atoms with Crippen LogP contribution in [0.15, 0.2) is 102 Å². The molecular formula is C28H24N2O2S. The summed E-state index contributed by atoms with van der Waals surface area (Å²) >= 11 is 1.66. The van der Waals surface area contributed by atoms with Gasteiger partial charge in [0, 0.05) is 12.2 Å². The van der Waals surface area contributed by atoms with Gasteiger partial charge in [0.1, 0.15) is 18.1 Å². The van der Waals surface area contributed by atoms with Gasteiger partial charge in [0.2, 0.25) is 0 Å². The van der Waals surface area contributed by atoms with E-state index in [-0.39, 0.29) is 5.91 Å². The molecule has 0 saturated heterocycles. The molecule has 2 aromatic heterocycles. The lowest BCUT2D eigenvalue weighted by Crippen LogP contribution is -2.17. The first-order valence-corrected chi connectivity index (χ1v) is 11.8. The van der Waals surface area contributed by atoms with Crippen molar-refractivity contribution in [2.75, 3.05) is 5.32 Å². The smallest absolute Gasteiger partial charge is 0.272 e. The molecule has 0 fully saturated rings. The molecule has 5 rings (SSSR count). The van der Waals surface area contributed by atoms with Crippen LogP contribution in [-0.4, -0.2) is 10.5 Å². The number of ether oxygens (including phenoxy) is 1. The van der Waals surface area contributed by atoms with Crippen LogP contribution in [0.25, 0.3) is 10.2 Å². The van der Waals surface area contributed by atoms with E-state index in [1.165, 1.54) is 5.56 Å². The average Bonchev–Trinajstić information content (AvgIpc) is 3.45. The zero-order chi connectivity index (χ0) is 22.5. The second-order valence-corrected chi connectivity index (χ2v) is 8.79. The van der Waals surface area contributed by atoms with Crippen LogP contribution in [0, 0.1) is 0 Å². The van der Waals surface area contributed by atoms with Crippen molar-refractivity contribution < 1.29 is 9.53 Å². The summed E-state index contributed by atoms with van der Waals surface area (Å²) in [6, 6.07) is 32.0. The number of carbonyl (C=O) groups is 1. The van der Waals surface area contributed by atoms with E-state index in [4.69, 9.17) is 4.74 Å². The van der Waals surface area contributed by atoms with Gasteiger partial charge in [-0.1, -0.05) is 60.7 Å². The predicted molar refractivity (Wildman–Crippen MR) is 135 cm³/mol. The fraction of sp³-hybridized carbons (Fsp3) is 0.107. The van der Waals surface area contributed by atoms with Gasteiger partial charge in [-0.2, -0.15) is 0 Å². The Kier molecular flexibility index (Phi) is 6.22. The average molecular weight is 453 g/mol. The van der Waals surface area contributed by atoms with Gasteiger partial charge in [-0.15, -0.1) is 11.3 Å². The monoisotopic (exact) mass is 452 g/mol. The Morgan fingerprint density at radius 1 is 0.848 bits per heavy atom. The van der Waals surface area contributed by atoms with Gasteiger partial charge in [0.15, 0.2) is 0 Å². The quantitative estimate of drug-likeness (QED) is 0.282. The Bertz CT molecular complexity index is 1340. The minimum atomic E-state index is -0.107. The van der Waals surface area contributed by atoms with Crippen molar-refractivity contribution in [3.05, 3.63) is 119 Å². The summed E-state index contributed by atoms with van der Waals surface area (Å²) in [7, 11) is 0. The molecule has 0 saturated carbocycles. The fourth-order valence-corrected chi connectivity index (χ4v) is 4.68. The Balaban J connectivity index is 1.27. The highest BCUT2D eigenvalue weighted by Crippen LogP contribution is 2.27. The van der Waals surface area contributed by atoms with Crippen molar-refractivity contribution in [2.45, 2.75) is 19.6 Å². The minimum absolute atomic E-state index is 0.107. The molecule has 0 bridgehead atoms. The Labute approximate surface area is 197 Å². The molecule has 2 heterocycles. The molecule has 5 heteroatoms. The van der Waals surface area contributed by atoms with E-state index in [0.29, 0.717) is 12.3 Å². The Hall–Kier alpha value is -3.83. The molecule has 0 atom stereocenters. The molecule has 0 radical (unpaired) electrons. The number of hydrogen-bond acceptors (Lipinski definition) is 3. The third-order valence-corrected chi connectivity index (χ3v) is 6.44. The van der Waals surface area contributed by atoms with Crippen LogP contribution in [0.3, 0.4) is 0 Å². The lowest BCUT2D eigenvalue weighted by Gasteiger charge is -2.12. The number of thiophene rings is 1. The minimum Gasteiger partial charge on any atom is -0.489 e. The van der Waals surface area contributed by atoms with Crippen molar-refractivity contribution in [3.8, 4) is 5.75 Å². The van der Waals surface area contributed by atoms with E-state index in [0.717, 1.165) is 40.2 Å². The number of benzene rings is 3. The molecule has 164 valence electrons. The topological polar surface area (TPSA) is 43.3 Å². The van der Waals surface area contributed by atoms with Crippen molar-refractivity contribution >= 4 is 33.1 Å². The molecule has 5 aromatic rings. The summed E-state index contributed by atoms with van der Waals surface area (Å²) in [6.45, 7) is 1.26. The molecular weight excluding hydrogens is 428 g/mol. The van der Waals surface area contributed by atoms with Crippen LogP contribution in [0.5, 0.6) is 5.75 Å². The predicted octanol–water partition coefficient (Wildman–Crippen LogP) is 6.78. The fourth-order valence-electron chi connectivity index (χ4n) is 3.86. The van der Waals surface area contributed by atoms with Gasteiger partial charge in [0.05, 0.1) is 10.2 Å². The first-order valence-electron chi connectivity index (χ1n) is 10.9. The van der Waals surface area contributed by atoms with E-state index >= 15 is 0 Å². The van der Waals surface area contributed by atoms with Crippen LogP contribution in [0.1, 0.15) is 21.6 Å². The summed E-state index contributed by atoms with van der Waals surface area (Å²) in [6.07, 6.45) is 0.869. The highest BCUT2D eigenvalue weighted by molar-refractivity contribution is 7.17. The van der Waals surface area contributed by atoms with Crippen LogP contribution >= 0.6 is 11.3 Å². The molecule has 0 aliphatic heterocycles. The summed E-state index contributed by atoms with van der Waals surface area (Å²) in [5.74, 6) is 0.660. The maximum Gasteiger partial charge on any atom is 0.272 e. The number of fused-ring (bicyclic) bond motifs is 1. The number of rotatable bonds is 8. The van der Waals surface area contributed by atoms with Crippen LogP contribution in [0.4, 0.5) is 5.69 Å². The summed E-state index contributed by atoms with van der Waals surface area (Å²) in [4.78, 5) is 13.2. The van der Waals surface area contributed by atoms with E-state index < -0.39 is 0 Å².